The first kappa shape index (κ1) is 12.0. The van der Waals surface area contributed by atoms with Crippen LogP contribution in [0.25, 0.3) is 0 Å². The number of aromatic nitrogens is 2. The van der Waals surface area contributed by atoms with Crippen LogP contribution in [0.5, 0.6) is 11.6 Å². The number of hydrogen-bond donors (Lipinski definition) is 1. The van der Waals surface area contributed by atoms with E-state index in [0.717, 1.165) is 15.7 Å². The lowest BCUT2D eigenvalue weighted by Gasteiger charge is -2.07. The third kappa shape index (κ3) is 3.25. The second-order valence-electron chi connectivity index (χ2n) is 3.60. The molecule has 0 saturated heterocycles. The first-order valence-corrected chi connectivity index (χ1v) is 5.93. The number of nitrogens with two attached hydrogens (primary N) is 1. The van der Waals surface area contributed by atoms with Gasteiger partial charge >= 0.3 is 0 Å². The summed E-state index contributed by atoms with van der Waals surface area (Å²) >= 11 is 3.34. The Kier molecular flexibility index (Phi) is 3.71. The third-order valence-corrected chi connectivity index (χ3v) is 2.56. The van der Waals surface area contributed by atoms with E-state index in [0.29, 0.717) is 18.2 Å². The monoisotopic (exact) mass is 293 g/mol. The maximum absolute atomic E-state index is 5.62. The standard InChI is InChI=1S/C12H12BrN3O/c1-8-2-9(5-14)3-12(16-8)17-11-4-10(13)6-15-7-11/h2-4,6-7H,5,14H2,1H3. The number of halogens is 1. The molecule has 0 spiro atoms. The van der Waals surface area contributed by atoms with Gasteiger partial charge in [0.15, 0.2) is 0 Å². The minimum absolute atomic E-state index is 0.469. The zero-order valence-electron chi connectivity index (χ0n) is 9.35. The Morgan fingerprint density at radius 1 is 1.29 bits per heavy atom. The molecule has 0 bridgehead atoms. The van der Waals surface area contributed by atoms with Gasteiger partial charge in [-0.1, -0.05) is 0 Å². The van der Waals surface area contributed by atoms with Gasteiger partial charge in [-0.2, -0.15) is 0 Å². The number of aryl methyl sites for hydroxylation is 1. The van der Waals surface area contributed by atoms with E-state index in [1.165, 1.54) is 0 Å². The van der Waals surface area contributed by atoms with Crippen molar-refractivity contribution in [2.24, 2.45) is 5.73 Å². The molecule has 5 heteroatoms. The van der Waals surface area contributed by atoms with Crippen LogP contribution in [0.3, 0.4) is 0 Å². The number of rotatable bonds is 3. The maximum atomic E-state index is 5.62. The summed E-state index contributed by atoms with van der Waals surface area (Å²) in [6.07, 6.45) is 3.33. The summed E-state index contributed by atoms with van der Waals surface area (Å²) in [7, 11) is 0. The van der Waals surface area contributed by atoms with Crippen molar-refractivity contribution >= 4 is 15.9 Å². The van der Waals surface area contributed by atoms with E-state index in [-0.39, 0.29) is 0 Å². The molecular weight excluding hydrogens is 282 g/mol. The number of ether oxygens (including phenoxy) is 1. The zero-order chi connectivity index (χ0) is 12.3. The Morgan fingerprint density at radius 3 is 2.82 bits per heavy atom. The Bertz CT molecular complexity index is 531. The van der Waals surface area contributed by atoms with Crippen LogP contribution in [0.2, 0.25) is 0 Å². The summed E-state index contributed by atoms with van der Waals surface area (Å²) in [6.45, 7) is 2.38. The van der Waals surface area contributed by atoms with Crippen molar-refractivity contribution < 1.29 is 4.74 Å². The van der Waals surface area contributed by atoms with E-state index >= 15 is 0 Å². The zero-order valence-corrected chi connectivity index (χ0v) is 10.9. The number of nitrogens with zero attached hydrogens (tertiary/aromatic N) is 2. The van der Waals surface area contributed by atoms with Gasteiger partial charge < -0.3 is 10.5 Å². The van der Waals surface area contributed by atoms with Gasteiger partial charge in [0.1, 0.15) is 5.75 Å². The van der Waals surface area contributed by atoms with Crippen molar-refractivity contribution in [3.63, 3.8) is 0 Å². The SMILES string of the molecule is Cc1cc(CN)cc(Oc2cncc(Br)c2)n1. The summed E-state index contributed by atoms with van der Waals surface area (Å²) in [5.74, 6) is 1.17. The molecule has 0 amide bonds. The van der Waals surface area contributed by atoms with Crippen molar-refractivity contribution in [3.05, 3.63) is 46.3 Å². The molecule has 17 heavy (non-hydrogen) atoms. The Morgan fingerprint density at radius 2 is 2.12 bits per heavy atom. The molecule has 0 aliphatic rings. The highest BCUT2D eigenvalue weighted by Gasteiger charge is 2.03. The van der Waals surface area contributed by atoms with E-state index in [4.69, 9.17) is 10.5 Å². The molecular formula is C12H12BrN3O. The van der Waals surface area contributed by atoms with Gasteiger partial charge in [0.25, 0.3) is 0 Å². The second-order valence-corrected chi connectivity index (χ2v) is 4.52. The van der Waals surface area contributed by atoms with Crippen LogP contribution in [0.1, 0.15) is 11.3 Å². The predicted molar refractivity (Wildman–Crippen MR) is 68.9 cm³/mol. The summed E-state index contributed by atoms with van der Waals surface area (Å²) < 4.78 is 6.49. The van der Waals surface area contributed by atoms with Crippen molar-refractivity contribution in [2.75, 3.05) is 0 Å². The predicted octanol–water partition coefficient (Wildman–Crippen LogP) is 2.80. The highest BCUT2D eigenvalue weighted by atomic mass is 79.9. The number of pyridine rings is 2. The highest BCUT2D eigenvalue weighted by Crippen LogP contribution is 2.22. The molecule has 2 aromatic heterocycles. The molecule has 4 nitrogen and oxygen atoms in total. The molecule has 0 saturated carbocycles. The minimum atomic E-state index is 0.469. The fourth-order valence-electron chi connectivity index (χ4n) is 1.45. The van der Waals surface area contributed by atoms with Crippen LogP contribution in [0, 0.1) is 6.92 Å². The van der Waals surface area contributed by atoms with Gasteiger partial charge in [-0.15, -0.1) is 0 Å². The van der Waals surface area contributed by atoms with Crippen LogP contribution in [0.15, 0.2) is 35.1 Å². The Balaban J connectivity index is 2.26. The van der Waals surface area contributed by atoms with E-state index in [9.17, 15) is 0 Å². The molecule has 0 radical (unpaired) electrons. The van der Waals surface area contributed by atoms with Crippen molar-refractivity contribution in [3.8, 4) is 11.6 Å². The second kappa shape index (κ2) is 5.25. The average molecular weight is 294 g/mol. The van der Waals surface area contributed by atoms with Gasteiger partial charge in [-0.3, -0.25) is 4.98 Å². The minimum Gasteiger partial charge on any atom is -0.437 e. The van der Waals surface area contributed by atoms with E-state index in [2.05, 4.69) is 25.9 Å². The quantitative estimate of drug-likeness (QED) is 0.945. The molecule has 0 aliphatic carbocycles. The van der Waals surface area contributed by atoms with E-state index in [1.54, 1.807) is 12.4 Å². The Labute approximate surface area is 108 Å². The van der Waals surface area contributed by atoms with Gasteiger partial charge in [-0.25, -0.2) is 4.98 Å². The van der Waals surface area contributed by atoms with Crippen LogP contribution in [-0.4, -0.2) is 9.97 Å². The first-order chi connectivity index (χ1) is 8.17. The summed E-state index contributed by atoms with van der Waals surface area (Å²) in [5, 5.41) is 0. The first-order valence-electron chi connectivity index (χ1n) is 5.13. The van der Waals surface area contributed by atoms with Crippen LogP contribution in [0.4, 0.5) is 0 Å². The van der Waals surface area contributed by atoms with E-state index < -0.39 is 0 Å². The van der Waals surface area contributed by atoms with Gasteiger partial charge in [0.2, 0.25) is 5.88 Å². The summed E-state index contributed by atoms with van der Waals surface area (Å²) in [6, 6.07) is 5.60. The van der Waals surface area contributed by atoms with Crippen molar-refractivity contribution in [1.82, 2.24) is 9.97 Å². The fraction of sp³-hybridized carbons (Fsp3) is 0.167. The topological polar surface area (TPSA) is 61.0 Å². The van der Waals surface area contributed by atoms with Crippen molar-refractivity contribution in [1.29, 1.82) is 0 Å². The molecule has 2 N–H and O–H groups in total. The molecule has 2 aromatic rings. The molecule has 2 heterocycles. The van der Waals surface area contributed by atoms with Gasteiger partial charge in [0, 0.05) is 29.0 Å². The lowest BCUT2D eigenvalue weighted by molar-refractivity contribution is 0.458. The molecule has 0 fully saturated rings. The maximum Gasteiger partial charge on any atom is 0.219 e. The smallest absolute Gasteiger partial charge is 0.219 e. The molecule has 0 aliphatic heterocycles. The summed E-state index contributed by atoms with van der Waals surface area (Å²) in [4.78, 5) is 8.31. The molecule has 0 atom stereocenters. The highest BCUT2D eigenvalue weighted by molar-refractivity contribution is 9.10. The fourth-order valence-corrected chi connectivity index (χ4v) is 1.79. The van der Waals surface area contributed by atoms with Crippen LogP contribution < -0.4 is 10.5 Å². The van der Waals surface area contributed by atoms with Gasteiger partial charge in [-0.05, 0) is 40.5 Å². The lowest BCUT2D eigenvalue weighted by atomic mass is 10.2. The van der Waals surface area contributed by atoms with Crippen LogP contribution >= 0.6 is 15.9 Å². The average Bonchev–Trinajstić information content (AvgIpc) is 2.28. The van der Waals surface area contributed by atoms with Gasteiger partial charge in [0.05, 0.1) is 6.20 Å². The molecule has 88 valence electrons. The van der Waals surface area contributed by atoms with Crippen molar-refractivity contribution in [2.45, 2.75) is 13.5 Å². The lowest BCUT2D eigenvalue weighted by Crippen LogP contribution is -1.99. The van der Waals surface area contributed by atoms with Crippen LogP contribution in [-0.2, 0) is 6.54 Å². The molecule has 0 aromatic carbocycles. The normalized spacial score (nSPS) is 10.3. The molecule has 0 unspecified atom stereocenters. The number of hydrogen-bond acceptors (Lipinski definition) is 4. The largest absolute Gasteiger partial charge is 0.437 e. The Hall–Kier alpha value is -1.46. The molecule has 2 rings (SSSR count). The summed E-state index contributed by atoms with van der Waals surface area (Å²) in [5.41, 5.74) is 7.48. The third-order valence-electron chi connectivity index (χ3n) is 2.13. The van der Waals surface area contributed by atoms with E-state index in [1.807, 2.05) is 25.1 Å².